The average molecular weight is 880 g/mol. The van der Waals surface area contributed by atoms with E-state index in [4.69, 9.17) is 42.9 Å². The number of aromatic nitrogens is 5. The van der Waals surface area contributed by atoms with Crippen molar-refractivity contribution in [1.82, 2.24) is 30.3 Å². The minimum absolute atomic E-state index is 0.0271. The second kappa shape index (κ2) is 18.6. The number of thiophene rings is 1. The van der Waals surface area contributed by atoms with Gasteiger partial charge in [0.2, 0.25) is 5.91 Å². The normalized spacial score (nSPS) is 17.7. The van der Waals surface area contributed by atoms with Crippen LogP contribution in [-0.2, 0) is 9.53 Å². The number of anilines is 1. The van der Waals surface area contributed by atoms with Gasteiger partial charge in [-0.25, -0.2) is 4.99 Å². The molecule has 17 heteroatoms. The summed E-state index contributed by atoms with van der Waals surface area (Å²) in [5, 5.41) is 31.6. The second-order valence-corrected chi connectivity index (χ2v) is 17.4. The van der Waals surface area contributed by atoms with Crippen LogP contribution in [0.2, 0.25) is 10.0 Å². The molecule has 1 saturated heterocycles. The maximum Gasteiger partial charge on any atom is 0.297 e. The first-order valence-electron chi connectivity index (χ1n) is 20.3. The molecular weight excluding hydrogens is 836 g/mol. The zero-order valence-corrected chi connectivity index (χ0v) is 36.4. The molecule has 8 rings (SSSR count). The first-order valence-corrected chi connectivity index (χ1v) is 21.9. The lowest BCUT2D eigenvalue weighted by atomic mass is 9.95. The molecule has 5 heterocycles. The summed E-state index contributed by atoms with van der Waals surface area (Å²) in [4.78, 5) is 39.2. The Morgan fingerprint density at radius 1 is 0.951 bits per heavy atom. The van der Waals surface area contributed by atoms with Crippen LogP contribution in [0.3, 0.4) is 0 Å². The maximum absolute atomic E-state index is 13.4. The molecule has 2 amide bonds. The van der Waals surface area contributed by atoms with Crippen LogP contribution in [0.15, 0.2) is 64.6 Å². The van der Waals surface area contributed by atoms with Crippen LogP contribution >= 0.6 is 34.5 Å². The third-order valence-corrected chi connectivity index (χ3v) is 13.0. The zero-order chi connectivity index (χ0) is 42.6. The number of fused-ring (bicyclic) bond motifs is 3. The van der Waals surface area contributed by atoms with Crippen LogP contribution in [-0.4, -0.2) is 86.6 Å². The number of halogens is 2. The fourth-order valence-corrected chi connectivity index (χ4v) is 9.42. The molecule has 2 aliphatic heterocycles. The summed E-state index contributed by atoms with van der Waals surface area (Å²) in [5.74, 6) is 2.14. The molecule has 0 radical (unpaired) electrons. The van der Waals surface area contributed by atoms with E-state index in [1.807, 2.05) is 47.9 Å². The molecule has 3 aliphatic rings. The predicted octanol–water partition coefficient (Wildman–Crippen LogP) is 7.91. The number of rotatable bonds is 11. The number of benzene rings is 2. The predicted molar refractivity (Wildman–Crippen MR) is 235 cm³/mol. The van der Waals surface area contributed by atoms with E-state index < -0.39 is 11.9 Å². The largest absolute Gasteiger partial charge is 0.490 e. The van der Waals surface area contributed by atoms with Crippen molar-refractivity contribution in [1.29, 1.82) is 5.26 Å². The molecule has 61 heavy (non-hydrogen) atoms. The van der Waals surface area contributed by atoms with Gasteiger partial charge in [0.15, 0.2) is 17.3 Å². The van der Waals surface area contributed by atoms with E-state index >= 15 is 0 Å². The number of nitriles is 1. The van der Waals surface area contributed by atoms with Crippen LogP contribution in [0.5, 0.6) is 5.75 Å². The number of carbonyl (C=O) groups excluding carboxylic acids is 2. The summed E-state index contributed by atoms with van der Waals surface area (Å²) in [5.41, 5.74) is 5.31. The number of carbonyl (C=O) groups is 2. The van der Waals surface area contributed by atoms with Gasteiger partial charge in [0.05, 0.1) is 41.5 Å². The molecule has 314 valence electrons. The fourth-order valence-electron chi connectivity index (χ4n) is 7.86. The Morgan fingerprint density at radius 3 is 2.43 bits per heavy atom. The summed E-state index contributed by atoms with van der Waals surface area (Å²) in [7, 11) is 0. The zero-order valence-electron chi connectivity index (χ0n) is 34.0. The van der Waals surface area contributed by atoms with Gasteiger partial charge in [0.1, 0.15) is 28.7 Å². The minimum Gasteiger partial charge on any atom is -0.490 e. The number of hydrogen-bond acceptors (Lipinski definition) is 12. The van der Waals surface area contributed by atoms with E-state index in [1.165, 1.54) is 4.88 Å². The highest BCUT2D eigenvalue weighted by Gasteiger charge is 2.32. The molecule has 0 unspecified atom stereocenters. The molecule has 2 aromatic carbocycles. The van der Waals surface area contributed by atoms with Crippen LogP contribution in [0.25, 0.3) is 5.00 Å². The Labute approximate surface area is 367 Å². The quantitative estimate of drug-likeness (QED) is 0.129. The molecule has 3 aromatic heterocycles. The SMILES string of the molecule is Cc1sc2c(c1C)C(c1ccc(Cl)cc1)=N[C@@H](CC(=O)NCCOC1CCN(c3ccc(C(=O)N=C4CCC(Oc5ccc(C#N)c(Cl)c5)CC4)nn3)CC1)c1nnc(C)n1-2. The number of aliphatic imine (C=N–C) groups is 2. The van der Waals surface area contributed by atoms with Crippen LogP contribution in [0.4, 0.5) is 5.82 Å². The van der Waals surface area contributed by atoms with E-state index in [9.17, 15) is 9.59 Å². The standard InChI is InChI=1S/C44H44Cl2N10O4S/c1-25-26(2)61-44-40(25)41(28-4-7-30(45)8-5-28)50-37(42-54-51-27(3)56(42)44)23-39(57)48-18-21-59-32-16-19-55(20-17-32)38-15-14-36(52-53-38)43(58)49-31-9-12-33(13-10-31)60-34-11-6-29(24-47)35(46)22-34/h4-8,11,14-15,22,32-33,37H,9-10,12-13,16-21,23H2,1-3H3,(H,48,57)/t33?,37-/m0/s1. The van der Waals surface area contributed by atoms with Crippen LogP contribution in [0.1, 0.15) is 100 Å². The van der Waals surface area contributed by atoms with E-state index in [0.717, 1.165) is 64.9 Å². The van der Waals surface area contributed by atoms with E-state index in [2.05, 4.69) is 49.5 Å². The number of piperidine rings is 1. The molecule has 1 saturated carbocycles. The topological polar surface area (TPSA) is 173 Å². The maximum atomic E-state index is 13.4. The van der Waals surface area contributed by atoms with Gasteiger partial charge in [-0.15, -0.1) is 31.7 Å². The molecular formula is C44H44Cl2N10O4S. The number of nitrogens with one attached hydrogen (secondary N) is 1. The van der Waals surface area contributed by atoms with Crippen molar-refractivity contribution in [2.75, 3.05) is 31.1 Å². The number of nitrogens with zero attached hydrogens (tertiary/aromatic N) is 9. The summed E-state index contributed by atoms with van der Waals surface area (Å²) in [6, 6.07) is 17.7. The Balaban J connectivity index is 0.788. The van der Waals surface area contributed by atoms with E-state index in [0.29, 0.717) is 71.8 Å². The second-order valence-electron chi connectivity index (χ2n) is 15.3. The lowest BCUT2D eigenvalue weighted by molar-refractivity contribution is -0.121. The molecule has 5 aromatic rings. The summed E-state index contributed by atoms with van der Waals surface area (Å²) >= 11 is 14.1. The van der Waals surface area contributed by atoms with Crippen LogP contribution in [0, 0.1) is 32.1 Å². The van der Waals surface area contributed by atoms with Gasteiger partial charge in [-0.2, -0.15) is 5.26 Å². The third-order valence-electron chi connectivity index (χ3n) is 11.3. The van der Waals surface area contributed by atoms with Gasteiger partial charge in [-0.1, -0.05) is 35.3 Å². The van der Waals surface area contributed by atoms with Gasteiger partial charge in [-0.05, 0) is 101 Å². The highest BCUT2D eigenvalue weighted by molar-refractivity contribution is 7.15. The molecule has 1 aliphatic carbocycles. The Bertz CT molecular complexity index is 2530. The smallest absolute Gasteiger partial charge is 0.297 e. The van der Waals surface area contributed by atoms with Gasteiger partial charge in [0.25, 0.3) is 5.91 Å². The first-order chi connectivity index (χ1) is 29.5. The van der Waals surface area contributed by atoms with Crippen molar-refractivity contribution < 1.29 is 19.1 Å². The Morgan fingerprint density at radius 2 is 1.72 bits per heavy atom. The van der Waals surface area contributed by atoms with Crippen molar-refractivity contribution >= 4 is 63.6 Å². The summed E-state index contributed by atoms with van der Waals surface area (Å²) in [6.45, 7) is 8.31. The van der Waals surface area contributed by atoms with Gasteiger partial charge in [-0.3, -0.25) is 19.1 Å². The monoisotopic (exact) mass is 878 g/mol. The number of aryl methyl sites for hydroxylation is 2. The lowest BCUT2D eigenvalue weighted by Gasteiger charge is -2.32. The lowest BCUT2D eigenvalue weighted by Crippen LogP contribution is -2.38. The molecule has 1 N–H and O–H groups in total. The molecule has 2 fully saturated rings. The summed E-state index contributed by atoms with van der Waals surface area (Å²) in [6.07, 6.45) is 4.40. The number of amides is 2. The Kier molecular flexibility index (Phi) is 12.9. The third kappa shape index (κ3) is 9.53. The fraction of sp³-hybridized carbons (Fsp3) is 0.386. The van der Waals surface area contributed by atoms with E-state index in [-0.39, 0.29) is 30.2 Å². The van der Waals surface area contributed by atoms with E-state index in [1.54, 1.807) is 35.6 Å². The molecule has 0 spiro atoms. The van der Waals surface area contributed by atoms with Crippen molar-refractivity contribution in [3.8, 4) is 16.8 Å². The minimum atomic E-state index is -0.547. The molecule has 1 atom stereocenters. The van der Waals surface area contributed by atoms with Crippen molar-refractivity contribution in [2.24, 2.45) is 9.98 Å². The highest BCUT2D eigenvalue weighted by Crippen LogP contribution is 2.39. The van der Waals surface area contributed by atoms with Gasteiger partial charge in [0, 0.05) is 52.4 Å². The Hall–Kier alpha value is -5.53. The molecule has 14 nitrogen and oxygen atoms in total. The summed E-state index contributed by atoms with van der Waals surface area (Å²) < 4.78 is 14.3. The van der Waals surface area contributed by atoms with Crippen LogP contribution < -0.4 is 15.0 Å². The molecule has 0 bridgehead atoms. The van der Waals surface area contributed by atoms with Gasteiger partial charge >= 0.3 is 0 Å². The van der Waals surface area contributed by atoms with Crippen molar-refractivity contribution in [3.05, 3.63) is 109 Å². The number of ether oxygens (including phenoxy) is 2. The van der Waals surface area contributed by atoms with Crippen molar-refractivity contribution in [2.45, 2.75) is 84.0 Å². The van der Waals surface area contributed by atoms with Gasteiger partial charge < -0.3 is 19.7 Å². The average Bonchev–Trinajstić information content (AvgIpc) is 3.75. The number of hydrogen-bond donors (Lipinski definition) is 1. The first kappa shape index (κ1) is 42.2. The highest BCUT2D eigenvalue weighted by atomic mass is 35.5. The van der Waals surface area contributed by atoms with Crippen molar-refractivity contribution in [3.63, 3.8) is 0 Å².